The lowest BCUT2D eigenvalue weighted by atomic mass is 9.86. The molecule has 0 aliphatic rings. The minimum absolute atomic E-state index is 0.0376. The summed E-state index contributed by atoms with van der Waals surface area (Å²) in [6.45, 7) is 0.133. The molecule has 0 aliphatic heterocycles. The van der Waals surface area contributed by atoms with Crippen molar-refractivity contribution < 1.29 is 14.9 Å². The SMILES string of the molecule is Cn1c(O)c(C(c2cc(Cl)c(OCc3ccc(Cl)cc3)c(Cl)c2)c2c(O)n(C)c(=S)n(C)c2=O)c(=O)n(C)c1=S. The molecule has 0 bridgehead atoms. The summed E-state index contributed by atoms with van der Waals surface area (Å²) in [6.07, 6.45) is 0. The topological polar surface area (TPSA) is 104 Å². The minimum Gasteiger partial charge on any atom is -0.494 e. The van der Waals surface area contributed by atoms with Gasteiger partial charge in [-0.3, -0.25) is 27.9 Å². The smallest absolute Gasteiger partial charge is 0.262 e. The van der Waals surface area contributed by atoms with Gasteiger partial charge in [0.1, 0.15) is 6.61 Å². The van der Waals surface area contributed by atoms with E-state index in [0.717, 1.165) is 14.7 Å². The highest BCUT2D eigenvalue weighted by Gasteiger charge is 2.33. The molecule has 0 unspecified atom stereocenters. The molecule has 0 spiro atoms. The third kappa shape index (κ3) is 5.19. The Labute approximate surface area is 253 Å². The van der Waals surface area contributed by atoms with E-state index < -0.39 is 28.8 Å². The second kappa shape index (κ2) is 11.4. The Kier molecular flexibility index (Phi) is 8.53. The van der Waals surface area contributed by atoms with E-state index in [9.17, 15) is 19.8 Å². The standard InChI is InChI=1S/C26H23Cl3N4O5S2/c1-30-21(34)18(22(35)31(2)25(30)39)17(19-23(36)32(3)26(40)33(4)24(19)37)13-9-15(28)20(16(29)10-13)38-11-12-5-7-14(27)8-6-12/h5-10,17,34,36H,11H2,1-4H3. The van der Waals surface area contributed by atoms with Gasteiger partial charge in [0.15, 0.2) is 15.3 Å². The van der Waals surface area contributed by atoms with Gasteiger partial charge in [-0.05, 0) is 59.8 Å². The van der Waals surface area contributed by atoms with Crippen molar-refractivity contribution in [1.82, 2.24) is 18.3 Å². The van der Waals surface area contributed by atoms with Gasteiger partial charge in [-0.15, -0.1) is 0 Å². The van der Waals surface area contributed by atoms with Gasteiger partial charge >= 0.3 is 0 Å². The molecule has 4 aromatic rings. The van der Waals surface area contributed by atoms with Crippen molar-refractivity contribution in [3.05, 3.63) is 104 Å². The van der Waals surface area contributed by atoms with Crippen LogP contribution < -0.4 is 15.9 Å². The number of aromatic hydroxyl groups is 2. The summed E-state index contributed by atoms with van der Waals surface area (Å²) in [4.78, 5) is 27.1. The highest BCUT2D eigenvalue weighted by Crippen LogP contribution is 2.42. The summed E-state index contributed by atoms with van der Waals surface area (Å²) in [7, 11) is 5.80. The van der Waals surface area contributed by atoms with E-state index in [2.05, 4.69) is 0 Å². The van der Waals surface area contributed by atoms with E-state index in [1.165, 1.54) is 49.5 Å². The van der Waals surface area contributed by atoms with Crippen LogP contribution in [0.2, 0.25) is 15.1 Å². The number of benzene rings is 2. The molecule has 40 heavy (non-hydrogen) atoms. The zero-order valence-corrected chi connectivity index (χ0v) is 25.5. The highest BCUT2D eigenvalue weighted by molar-refractivity contribution is 7.71. The predicted molar refractivity (Wildman–Crippen MR) is 159 cm³/mol. The van der Waals surface area contributed by atoms with Gasteiger partial charge in [-0.25, -0.2) is 0 Å². The van der Waals surface area contributed by atoms with Gasteiger partial charge in [-0.1, -0.05) is 46.9 Å². The van der Waals surface area contributed by atoms with Crippen molar-refractivity contribution in [2.24, 2.45) is 28.2 Å². The molecule has 9 nitrogen and oxygen atoms in total. The summed E-state index contributed by atoms with van der Waals surface area (Å²) < 4.78 is 10.7. The molecular formula is C26H23Cl3N4O5S2. The first-order chi connectivity index (χ1) is 18.8. The molecule has 2 heterocycles. The number of rotatable bonds is 6. The summed E-state index contributed by atoms with van der Waals surface area (Å²) in [5, 5.41) is 23.0. The fourth-order valence-electron chi connectivity index (χ4n) is 4.32. The van der Waals surface area contributed by atoms with E-state index >= 15 is 0 Å². The maximum Gasteiger partial charge on any atom is 0.262 e. The van der Waals surface area contributed by atoms with Gasteiger partial charge in [0, 0.05) is 33.2 Å². The van der Waals surface area contributed by atoms with Gasteiger partial charge in [-0.2, -0.15) is 0 Å². The Bertz CT molecular complexity index is 1790. The predicted octanol–water partition coefficient (Wildman–Crippen LogP) is 5.35. The molecule has 0 radical (unpaired) electrons. The van der Waals surface area contributed by atoms with Gasteiger partial charge in [0.25, 0.3) is 11.1 Å². The van der Waals surface area contributed by atoms with Crippen LogP contribution >= 0.6 is 59.2 Å². The fourth-order valence-corrected chi connectivity index (χ4v) is 5.40. The summed E-state index contributed by atoms with van der Waals surface area (Å²) in [5.74, 6) is -2.17. The summed E-state index contributed by atoms with van der Waals surface area (Å²) in [5.41, 5.74) is -0.800. The Morgan fingerprint density at radius 3 is 1.62 bits per heavy atom. The van der Waals surface area contributed by atoms with Crippen LogP contribution in [0, 0.1) is 9.54 Å². The molecule has 0 saturated carbocycles. The van der Waals surface area contributed by atoms with E-state index in [1.54, 1.807) is 24.3 Å². The lowest BCUT2D eigenvalue weighted by molar-refractivity contribution is 0.306. The van der Waals surface area contributed by atoms with Gasteiger partial charge in [0.05, 0.1) is 27.1 Å². The molecule has 0 fully saturated rings. The first-order valence-electron chi connectivity index (χ1n) is 11.6. The molecule has 0 saturated heterocycles. The van der Waals surface area contributed by atoms with Crippen LogP contribution in [-0.4, -0.2) is 28.5 Å². The second-order valence-corrected chi connectivity index (χ2v) is 11.0. The van der Waals surface area contributed by atoms with Crippen LogP contribution in [-0.2, 0) is 34.8 Å². The molecule has 0 aliphatic carbocycles. The monoisotopic (exact) mass is 640 g/mol. The number of hydrogen-bond donors (Lipinski definition) is 2. The highest BCUT2D eigenvalue weighted by atomic mass is 35.5. The van der Waals surface area contributed by atoms with Gasteiger partial charge in [0.2, 0.25) is 11.8 Å². The molecular weight excluding hydrogens is 619 g/mol. The Balaban J connectivity index is 1.99. The van der Waals surface area contributed by atoms with E-state index in [4.69, 9.17) is 64.0 Å². The molecule has 0 amide bonds. The van der Waals surface area contributed by atoms with Crippen LogP contribution in [0.1, 0.15) is 28.2 Å². The first-order valence-corrected chi connectivity index (χ1v) is 13.5. The third-order valence-corrected chi connectivity index (χ3v) is 8.47. The maximum atomic E-state index is 13.5. The average molecular weight is 642 g/mol. The van der Waals surface area contributed by atoms with Crippen molar-refractivity contribution in [1.29, 1.82) is 0 Å². The quantitative estimate of drug-likeness (QED) is 0.274. The van der Waals surface area contributed by atoms with E-state index in [-0.39, 0.29) is 48.6 Å². The summed E-state index contributed by atoms with van der Waals surface area (Å²) in [6, 6.07) is 9.93. The largest absolute Gasteiger partial charge is 0.494 e. The van der Waals surface area contributed by atoms with Crippen molar-refractivity contribution in [2.45, 2.75) is 12.5 Å². The van der Waals surface area contributed by atoms with Crippen molar-refractivity contribution >= 4 is 59.2 Å². The zero-order chi connectivity index (χ0) is 29.6. The normalized spacial score (nSPS) is 11.3. The molecule has 210 valence electrons. The first kappa shape index (κ1) is 29.9. The number of halogens is 3. The van der Waals surface area contributed by atoms with Crippen LogP contribution in [0.5, 0.6) is 17.5 Å². The number of aromatic nitrogens is 4. The maximum absolute atomic E-state index is 13.5. The second-order valence-electron chi connectivity index (χ2n) is 9.05. The third-order valence-electron chi connectivity index (χ3n) is 6.56. The number of ether oxygens (including phenoxy) is 1. The van der Waals surface area contributed by atoms with Crippen molar-refractivity contribution in [3.8, 4) is 17.5 Å². The molecule has 2 aromatic heterocycles. The van der Waals surface area contributed by atoms with Crippen molar-refractivity contribution in [3.63, 3.8) is 0 Å². The average Bonchev–Trinajstić information content (AvgIpc) is 2.92. The number of nitrogens with zero attached hydrogens (tertiary/aromatic N) is 4. The lowest BCUT2D eigenvalue weighted by Gasteiger charge is -2.24. The Morgan fingerprint density at radius 1 is 0.775 bits per heavy atom. The molecule has 4 rings (SSSR count). The molecule has 2 aromatic carbocycles. The Morgan fingerprint density at radius 2 is 1.20 bits per heavy atom. The number of hydrogen-bond acceptors (Lipinski definition) is 7. The van der Waals surface area contributed by atoms with Crippen LogP contribution in [0.4, 0.5) is 0 Å². The molecule has 0 atom stereocenters. The van der Waals surface area contributed by atoms with Crippen molar-refractivity contribution in [2.75, 3.05) is 0 Å². The van der Waals surface area contributed by atoms with E-state index in [0.29, 0.717) is 5.02 Å². The lowest BCUT2D eigenvalue weighted by Crippen LogP contribution is -2.33. The van der Waals surface area contributed by atoms with Gasteiger partial charge < -0.3 is 14.9 Å². The molecule has 14 heteroatoms. The van der Waals surface area contributed by atoms with Crippen LogP contribution in [0.3, 0.4) is 0 Å². The zero-order valence-electron chi connectivity index (χ0n) is 21.6. The minimum atomic E-state index is -1.33. The fraction of sp³-hybridized carbons (Fsp3) is 0.231. The van der Waals surface area contributed by atoms with E-state index in [1.807, 2.05) is 0 Å². The molecule has 2 N–H and O–H groups in total. The Hall–Kier alpha value is -3.09. The summed E-state index contributed by atoms with van der Waals surface area (Å²) >= 11 is 29.7. The van der Waals surface area contributed by atoms with Crippen LogP contribution in [0.25, 0.3) is 0 Å². The van der Waals surface area contributed by atoms with Crippen LogP contribution in [0.15, 0.2) is 46.0 Å².